The van der Waals surface area contributed by atoms with Crippen LogP contribution in [0.25, 0.3) is 0 Å². The lowest BCUT2D eigenvalue weighted by Gasteiger charge is -2.46. The number of nitrogens with zero attached hydrogens (tertiary/aromatic N) is 5. The molecule has 0 unspecified atom stereocenters. The van der Waals surface area contributed by atoms with E-state index in [0.717, 1.165) is 105 Å². The number of hydrogen-bond acceptors (Lipinski definition) is 8. The Kier molecular flexibility index (Phi) is 6.17. The van der Waals surface area contributed by atoms with Crippen molar-refractivity contribution in [1.29, 1.82) is 0 Å². The number of likely N-dealkylation sites (tertiary alicyclic amines) is 1. The van der Waals surface area contributed by atoms with Crippen LogP contribution >= 0.6 is 0 Å². The molecule has 0 saturated carbocycles. The second kappa shape index (κ2) is 9.61. The second-order valence-corrected chi connectivity index (χ2v) is 10.1. The van der Waals surface area contributed by atoms with Gasteiger partial charge in [-0.25, -0.2) is 9.97 Å². The summed E-state index contributed by atoms with van der Waals surface area (Å²) in [6.07, 6.45) is 5.42. The van der Waals surface area contributed by atoms with Crippen molar-refractivity contribution in [3.63, 3.8) is 0 Å². The van der Waals surface area contributed by atoms with Crippen LogP contribution in [-0.2, 0) is 16.1 Å². The molecular formula is C27H34N6O3. The molecule has 1 N–H and O–H groups in total. The number of anilines is 4. The second-order valence-electron chi connectivity index (χ2n) is 10.1. The van der Waals surface area contributed by atoms with Crippen molar-refractivity contribution in [2.45, 2.75) is 26.4 Å². The normalized spacial score (nSPS) is 20.4. The van der Waals surface area contributed by atoms with Crippen molar-refractivity contribution in [2.24, 2.45) is 11.8 Å². The smallest absolute Gasteiger partial charge is 0.245 e. The van der Waals surface area contributed by atoms with Crippen molar-refractivity contribution < 1.29 is 14.3 Å². The van der Waals surface area contributed by atoms with E-state index in [1.165, 1.54) is 6.08 Å². The van der Waals surface area contributed by atoms with Crippen molar-refractivity contribution in [1.82, 2.24) is 14.9 Å². The Bertz CT molecular complexity index is 1150. The zero-order valence-electron chi connectivity index (χ0n) is 20.9. The number of aromatic nitrogens is 2. The fourth-order valence-corrected chi connectivity index (χ4v) is 5.90. The van der Waals surface area contributed by atoms with E-state index < -0.39 is 0 Å². The van der Waals surface area contributed by atoms with Gasteiger partial charge in [-0.05, 0) is 43.7 Å². The van der Waals surface area contributed by atoms with Gasteiger partial charge in [0.05, 0.1) is 30.2 Å². The molecule has 6 heterocycles. The van der Waals surface area contributed by atoms with Gasteiger partial charge in [-0.15, -0.1) is 0 Å². The molecule has 0 spiro atoms. The number of morpholine rings is 1. The van der Waals surface area contributed by atoms with Gasteiger partial charge in [-0.1, -0.05) is 6.58 Å². The number of carbonyl (C=O) groups is 1. The summed E-state index contributed by atoms with van der Waals surface area (Å²) >= 11 is 0. The average molecular weight is 491 g/mol. The molecule has 0 aliphatic carbocycles. The quantitative estimate of drug-likeness (QED) is 0.655. The van der Waals surface area contributed by atoms with Gasteiger partial charge in [-0.2, -0.15) is 0 Å². The van der Waals surface area contributed by atoms with Crippen LogP contribution in [0.3, 0.4) is 0 Å². The topological polar surface area (TPSA) is 83.1 Å². The van der Waals surface area contributed by atoms with Gasteiger partial charge in [0.2, 0.25) is 5.91 Å². The number of pyridine rings is 2. The molecule has 3 fully saturated rings. The van der Waals surface area contributed by atoms with Crippen LogP contribution in [0.2, 0.25) is 0 Å². The van der Waals surface area contributed by atoms with Crippen LogP contribution < -0.4 is 19.9 Å². The predicted octanol–water partition coefficient (Wildman–Crippen LogP) is 3.12. The lowest BCUT2D eigenvalue weighted by atomic mass is 9.79. The van der Waals surface area contributed by atoms with Gasteiger partial charge in [0.1, 0.15) is 18.2 Å². The van der Waals surface area contributed by atoms with Crippen molar-refractivity contribution in [3.05, 3.63) is 42.2 Å². The number of rotatable bonds is 4. The summed E-state index contributed by atoms with van der Waals surface area (Å²) in [7, 11) is 0. The van der Waals surface area contributed by atoms with E-state index in [0.29, 0.717) is 18.4 Å². The van der Waals surface area contributed by atoms with Gasteiger partial charge in [0.25, 0.3) is 0 Å². The third-order valence-corrected chi connectivity index (χ3v) is 8.05. The highest BCUT2D eigenvalue weighted by Gasteiger charge is 2.37. The van der Waals surface area contributed by atoms with E-state index in [9.17, 15) is 4.79 Å². The highest BCUT2D eigenvalue weighted by molar-refractivity contribution is 5.87. The first-order valence-corrected chi connectivity index (χ1v) is 13.0. The molecule has 3 saturated heterocycles. The number of piperidine rings is 1. The third-order valence-electron chi connectivity index (χ3n) is 8.05. The predicted molar refractivity (Wildman–Crippen MR) is 139 cm³/mol. The molecule has 36 heavy (non-hydrogen) atoms. The SMILES string of the molecule is C=CC(=O)N1CCC(C2CN(c3cc4c(c(C)n3)OCc3c(N5CCOCC5)ccnc3N4)C2)CC1. The molecule has 1 amide bonds. The zero-order chi connectivity index (χ0) is 24.6. The molecule has 0 aromatic carbocycles. The molecule has 0 radical (unpaired) electrons. The number of fused-ring (bicyclic) bond motifs is 2. The average Bonchev–Trinajstić information content (AvgIpc) is 3.08. The molecule has 9 heteroatoms. The number of hydrogen-bond donors (Lipinski definition) is 1. The Labute approximate surface area is 212 Å². The lowest BCUT2D eigenvalue weighted by molar-refractivity contribution is -0.127. The molecule has 190 valence electrons. The maximum atomic E-state index is 11.9. The monoisotopic (exact) mass is 490 g/mol. The maximum absolute atomic E-state index is 11.9. The summed E-state index contributed by atoms with van der Waals surface area (Å²) in [4.78, 5) is 28.0. The Hall–Kier alpha value is -3.33. The molecule has 9 nitrogen and oxygen atoms in total. The number of carbonyl (C=O) groups excluding carboxylic acids is 1. The summed E-state index contributed by atoms with van der Waals surface area (Å²) in [5, 5.41) is 3.56. The highest BCUT2D eigenvalue weighted by Crippen LogP contribution is 2.41. The Morgan fingerprint density at radius 2 is 1.92 bits per heavy atom. The molecule has 6 rings (SSSR count). The van der Waals surface area contributed by atoms with Crippen LogP contribution in [0.5, 0.6) is 5.75 Å². The number of nitrogens with one attached hydrogen (secondary N) is 1. The minimum Gasteiger partial charge on any atom is -0.485 e. The Morgan fingerprint density at radius 1 is 1.14 bits per heavy atom. The standard InChI is InChI=1S/C27H34N6O3/c1-3-25(34)32-8-5-19(6-9-32)20-15-33(16-20)24-14-22-26(18(2)29-24)36-17-21-23(4-7-28-27(21)30-22)31-10-12-35-13-11-31/h3-4,7,14,19-20H,1,5-6,8-13,15-17H2,2H3,(H,28,30). The summed E-state index contributed by atoms with van der Waals surface area (Å²) in [6, 6.07) is 4.17. The highest BCUT2D eigenvalue weighted by atomic mass is 16.5. The minimum absolute atomic E-state index is 0.0520. The first-order valence-electron chi connectivity index (χ1n) is 13.0. The Morgan fingerprint density at radius 3 is 2.67 bits per heavy atom. The van der Waals surface area contributed by atoms with Crippen LogP contribution in [0.1, 0.15) is 24.1 Å². The largest absolute Gasteiger partial charge is 0.485 e. The van der Waals surface area contributed by atoms with Crippen LogP contribution in [-0.4, -0.2) is 73.3 Å². The maximum Gasteiger partial charge on any atom is 0.245 e. The van der Waals surface area contributed by atoms with E-state index in [1.807, 2.05) is 18.0 Å². The van der Waals surface area contributed by atoms with Crippen LogP contribution in [0.15, 0.2) is 31.0 Å². The van der Waals surface area contributed by atoms with E-state index in [4.69, 9.17) is 14.5 Å². The van der Waals surface area contributed by atoms with E-state index in [1.54, 1.807) is 0 Å². The van der Waals surface area contributed by atoms with Crippen LogP contribution in [0, 0.1) is 18.8 Å². The van der Waals surface area contributed by atoms with Gasteiger partial charge < -0.3 is 29.5 Å². The lowest BCUT2D eigenvalue weighted by Crippen LogP contribution is -2.52. The summed E-state index contributed by atoms with van der Waals surface area (Å²) in [5.74, 6) is 3.97. The van der Waals surface area contributed by atoms with Crippen molar-refractivity contribution in [3.8, 4) is 5.75 Å². The number of aryl methyl sites for hydroxylation is 1. The number of ether oxygens (including phenoxy) is 2. The van der Waals surface area contributed by atoms with Gasteiger partial charge in [0, 0.05) is 57.2 Å². The molecule has 2 aromatic rings. The molecule has 0 bridgehead atoms. The van der Waals surface area contributed by atoms with E-state index >= 15 is 0 Å². The van der Waals surface area contributed by atoms with Gasteiger partial charge >= 0.3 is 0 Å². The summed E-state index contributed by atoms with van der Waals surface area (Å²) in [6.45, 7) is 13.0. The first kappa shape index (κ1) is 23.1. The summed E-state index contributed by atoms with van der Waals surface area (Å²) < 4.78 is 11.8. The third kappa shape index (κ3) is 4.25. The Balaban J connectivity index is 1.15. The fraction of sp³-hybridized carbons (Fsp3) is 0.519. The molecule has 4 aliphatic rings. The van der Waals surface area contributed by atoms with E-state index in [-0.39, 0.29) is 5.91 Å². The van der Waals surface area contributed by atoms with Crippen LogP contribution in [0.4, 0.5) is 23.0 Å². The molecule has 2 aromatic heterocycles. The molecule has 4 aliphatic heterocycles. The summed E-state index contributed by atoms with van der Waals surface area (Å²) in [5.41, 5.74) is 4.03. The minimum atomic E-state index is 0.0520. The number of amides is 1. The van der Waals surface area contributed by atoms with E-state index in [2.05, 4.69) is 38.8 Å². The van der Waals surface area contributed by atoms with Crippen molar-refractivity contribution >= 4 is 28.9 Å². The zero-order valence-corrected chi connectivity index (χ0v) is 20.9. The molecular weight excluding hydrogens is 456 g/mol. The molecule has 0 atom stereocenters. The first-order chi connectivity index (χ1) is 17.6. The fourth-order valence-electron chi connectivity index (χ4n) is 5.90. The van der Waals surface area contributed by atoms with Gasteiger partial charge in [-0.3, -0.25) is 4.79 Å². The van der Waals surface area contributed by atoms with Crippen molar-refractivity contribution in [2.75, 3.05) is 67.6 Å². The van der Waals surface area contributed by atoms with Gasteiger partial charge in [0.15, 0.2) is 5.75 Å².